The summed E-state index contributed by atoms with van der Waals surface area (Å²) in [5.41, 5.74) is 6.34. The van der Waals surface area contributed by atoms with Crippen LogP contribution in [-0.2, 0) is 16.6 Å². The molecular weight excluding hydrogens is 346 g/mol. The minimum Gasteiger partial charge on any atom is -0.365 e. The molecule has 2 aromatic rings. The Labute approximate surface area is 146 Å². The van der Waals surface area contributed by atoms with E-state index in [1.165, 1.54) is 17.0 Å². The summed E-state index contributed by atoms with van der Waals surface area (Å²) in [4.78, 5) is 13.5. The van der Waals surface area contributed by atoms with Crippen molar-refractivity contribution in [3.8, 4) is 0 Å². The van der Waals surface area contributed by atoms with E-state index in [-0.39, 0.29) is 9.77 Å². The second-order valence-corrected chi connectivity index (χ2v) is 7.94. The number of nitrogens with one attached hydrogen (secondary N) is 1. The van der Waals surface area contributed by atoms with Gasteiger partial charge in [0.2, 0.25) is 10.0 Å². The fraction of sp³-hybridized carbons (Fsp3) is 0.312. The largest absolute Gasteiger partial charge is 0.365 e. The van der Waals surface area contributed by atoms with Gasteiger partial charge in [-0.1, -0.05) is 37.3 Å². The van der Waals surface area contributed by atoms with Gasteiger partial charge in [0, 0.05) is 25.0 Å². The molecule has 0 aliphatic carbocycles. The Bertz CT molecular complexity index is 773. The predicted molar refractivity (Wildman–Crippen MR) is 95.4 cm³/mol. The van der Waals surface area contributed by atoms with Crippen molar-refractivity contribution >= 4 is 27.3 Å². The number of hydrogen-bond acceptors (Lipinski definition) is 5. The second-order valence-electron chi connectivity index (χ2n) is 5.26. The van der Waals surface area contributed by atoms with E-state index in [2.05, 4.69) is 9.62 Å². The smallest absolute Gasteiger partial charge is 0.258 e. The zero-order valence-corrected chi connectivity index (χ0v) is 15.1. The van der Waals surface area contributed by atoms with E-state index in [1.54, 1.807) is 0 Å². The highest BCUT2D eigenvalue weighted by Gasteiger charge is 2.17. The molecule has 1 aromatic carbocycles. The maximum Gasteiger partial charge on any atom is 0.258 e. The van der Waals surface area contributed by atoms with Crippen LogP contribution in [0.2, 0.25) is 0 Å². The molecular formula is C16H21N3O3S2. The third-order valence-corrected chi connectivity index (χ3v) is 6.08. The molecule has 6 nitrogen and oxygen atoms in total. The van der Waals surface area contributed by atoms with Crippen LogP contribution in [0.15, 0.2) is 46.7 Å². The molecule has 1 aromatic heterocycles. The molecule has 2 rings (SSSR count). The van der Waals surface area contributed by atoms with Crippen LogP contribution in [-0.4, -0.2) is 38.9 Å². The standard InChI is InChI=1S/C16H21N3O3S2/c1-2-19(11-13-6-4-3-5-7-13)9-8-18-24(21,22)14-10-15(16(17)20)23-12-14/h3-7,10,12,18H,2,8-9,11H2,1H3,(H2,17,20). The number of hydrogen-bond donors (Lipinski definition) is 2. The number of rotatable bonds is 9. The van der Waals surface area contributed by atoms with Crippen molar-refractivity contribution in [2.45, 2.75) is 18.4 Å². The molecule has 0 spiro atoms. The van der Waals surface area contributed by atoms with Gasteiger partial charge in [0.1, 0.15) is 0 Å². The second kappa shape index (κ2) is 8.39. The summed E-state index contributed by atoms with van der Waals surface area (Å²) in [6.45, 7) is 4.52. The molecule has 8 heteroatoms. The fourth-order valence-electron chi connectivity index (χ4n) is 2.20. The van der Waals surface area contributed by atoms with Crippen LogP contribution >= 0.6 is 11.3 Å². The minimum atomic E-state index is -3.62. The molecule has 0 fully saturated rings. The highest BCUT2D eigenvalue weighted by molar-refractivity contribution is 7.89. The Morgan fingerprint density at radius 2 is 2.00 bits per heavy atom. The summed E-state index contributed by atoms with van der Waals surface area (Å²) in [5, 5.41) is 1.42. The van der Waals surface area contributed by atoms with E-state index in [4.69, 9.17) is 5.73 Å². The summed E-state index contributed by atoms with van der Waals surface area (Å²) >= 11 is 1.03. The molecule has 0 aliphatic rings. The molecule has 1 heterocycles. The first kappa shape index (κ1) is 18.6. The monoisotopic (exact) mass is 367 g/mol. The van der Waals surface area contributed by atoms with Crippen molar-refractivity contribution in [3.63, 3.8) is 0 Å². The van der Waals surface area contributed by atoms with Gasteiger partial charge in [-0.3, -0.25) is 9.69 Å². The van der Waals surface area contributed by atoms with Crippen LogP contribution in [0.25, 0.3) is 0 Å². The average Bonchev–Trinajstić information content (AvgIpc) is 3.06. The van der Waals surface area contributed by atoms with Crippen molar-refractivity contribution in [1.29, 1.82) is 0 Å². The molecule has 3 N–H and O–H groups in total. The van der Waals surface area contributed by atoms with E-state index in [9.17, 15) is 13.2 Å². The normalized spacial score (nSPS) is 11.8. The van der Waals surface area contributed by atoms with E-state index < -0.39 is 15.9 Å². The number of thiophene rings is 1. The van der Waals surface area contributed by atoms with Crippen molar-refractivity contribution < 1.29 is 13.2 Å². The quantitative estimate of drug-likeness (QED) is 0.705. The van der Waals surface area contributed by atoms with Gasteiger partial charge in [0.25, 0.3) is 5.91 Å². The molecule has 0 unspecified atom stereocenters. The lowest BCUT2D eigenvalue weighted by Crippen LogP contribution is -2.34. The number of nitrogens with zero attached hydrogens (tertiary/aromatic N) is 1. The minimum absolute atomic E-state index is 0.0763. The number of sulfonamides is 1. The third kappa shape index (κ3) is 5.13. The predicted octanol–water partition coefficient (Wildman–Crippen LogP) is 1.65. The number of primary amides is 1. The first-order chi connectivity index (χ1) is 11.4. The Morgan fingerprint density at radius 1 is 1.29 bits per heavy atom. The maximum atomic E-state index is 12.2. The summed E-state index contributed by atoms with van der Waals surface area (Å²) in [6.07, 6.45) is 0. The molecule has 1 amide bonds. The SMILES string of the molecule is CCN(CCNS(=O)(=O)c1csc(C(N)=O)c1)Cc1ccccc1. The lowest BCUT2D eigenvalue weighted by molar-refractivity contribution is 0.100. The first-order valence-electron chi connectivity index (χ1n) is 7.56. The highest BCUT2D eigenvalue weighted by atomic mass is 32.2. The third-order valence-electron chi connectivity index (χ3n) is 3.54. The lowest BCUT2D eigenvalue weighted by atomic mass is 10.2. The average molecular weight is 367 g/mol. The van der Waals surface area contributed by atoms with Crippen LogP contribution in [0, 0.1) is 0 Å². The van der Waals surface area contributed by atoms with Gasteiger partial charge in [-0.05, 0) is 18.2 Å². The Balaban J connectivity index is 1.90. The number of carbonyl (C=O) groups excluding carboxylic acids is 1. The summed E-state index contributed by atoms with van der Waals surface area (Å²) < 4.78 is 27.0. The van der Waals surface area contributed by atoms with E-state index in [0.29, 0.717) is 13.1 Å². The Hall–Kier alpha value is -1.74. The molecule has 0 aliphatic heterocycles. The summed E-state index contributed by atoms with van der Waals surface area (Å²) in [6, 6.07) is 11.3. The van der Waals surface area contributed by atoms with Crippen LogP contribution in [0.5, 0.6) is 0 Å². The van der Waals surface area contributed by atoms with Crippen LogP contribution in [0.1, 0.15) is 22.2 Å². The highest BCUT2D eigenvalue weighted by Crippen LogP contribution is 2.18. The van der Waals surface area contributed by atoms with Gasteiger partial charge in [0.15, 0.2) is 0 Å². The number of carbonyl (C=O) groups is 1. The molecule has 0 saturated carbocycles. The van der Waals surface area contributed by atoms with Gasteiger partial charge < -0.3 is 5.73 Å². The summed E-state index contributed by atoms with van der Waals surface area (Å²) in [7, 11) is -3.62. The molecule has 0 atom stereocenters. The number of amides is 1. The van der Waals surface area contributed by atoms with E-state index in [0.717, 1.165) is 24.4 Å². The zero-order chi connectivity index (χ0) is 17.6. The van der Waals surface area contributed by atoms with Crippen LogP contribution in [0.3, 0.4) is 0 Å². The van der Waals surface area contributed by atoms with Crippen molar-refractivity contribution in [2.75, 3.05) is 19.6 Å². The Kier molecular flexibility index (Phi) is 6.50. The van der Waals surface area contributed by atoms with Gasteiger partial charge in [-0.2, -0.15) is 0 Å². The zero-order valence-electron chi connectivity index (χ0n) is 13.4. The Morgan fingerprint density at radius 3 is 2.58 bits per heavy atom. The van der Waals surface area contributed by atoms with Crippen molar-refractivity contribution in [1.82, 2.24) is 9.62 Å². The topological polar surface area (TPSA) is 92.5 Å². The molecule has 0 bridgehead atoms. The molecule has 24 heavy (non-hydrogen) atoms. The van der Waals surface area contributed by atoms with E-state index in [1.807, 2.05) is 37.3 Å². The molecule has 0 radical (unpaired) electrons. The van der Waals surface area contributed by atoms with Gasteiger partial charge in [-0.25, -0.2) is 13.1 Å². The van der Waals surface area contributed by atoms with Gasteiger partial charge in [0.05, 0.1) is 9.77 Å². The van der Waals surface area contributed by atoms with Crippen LogP contribution < -0.4 is 10.5 Å². The number of nitrogens with two attached hydrogens (primary N) is 1. The number of likely N-dealkylation sites (N-methyl/N-ethyl adjacent to an activating group) is 1. The fourth-order valence-corrected chi connectivity index (χ4v) is 4.35. The van der Waals surface area contributed by atoms with Crippen molar-refractivity contribution in [2.24, 2.45) is 5.73 Å². The van der Waals surface area contributed by atoms with Crippen molar-refractivity contribution in [3.05, 3.63) is 52.2 Å². The van der Waals surface area contributed by atoms with Gasteiger partial charge in [-0.15, -0.1) is 11.3 Å². The lowest BCUT2D eigenvalue weighted by Gasteiger charge is -2.20. The first-order valence-corrected chi connectivity index (χ1v) is 9.93. The number of benzene rings is 1. The van der Waals surface area contributed by atoms with Gasteiger partial charge >= 0.3 is 0 Å². The van der Waals surface area contributed by atoms with Crippen LogP contribution in [0.4, 0.5) is 0 Å². The maximum absolute atomic E-state index is 12.2. The molecule has 130 valence electrons. The summed E-state index contributed by atoms with van der Waals surface area (Å²) in [5.74, 6) is -0.624. The van der Waals surface area contributed by atoms with E-state index >= 15 is 0 Å². The molecule has 0 saturated heterocycles.